The van der Waals surface area contributed by atoms with Crippen molar-refractivity contribution in [2.24, 2.45) is 12.5 Å². The van der Waals surface area contributed by atoms with Gasteiger partial charge in [0.05, 0.1) is 35.0 Å². The number of nitrogens with one attached hydrogen (secondary N) is 2. The highest BCUT2D eigenvalue weighted by Gasteiger charge is 2.44. The molecule has 0 spiro atoms. The molecule has 0 aliphatic carbocycles. The number of aryl methyl sites for hydroxylation is 2. The van der Waals surface area contributed by atoms with Crippen molar-refractivity contribution in [3.63, 3.8) is 0 Å². The molecular weight excluding hydrogens is 853 g/mol. The van der Waals surface area contributed by atoms with Gasteiger partial charge < -0.3 is 34.5 Å². The third-order valence-electron chi connectivity index (χ3n) is 10.9. The van der Waals surface area contributed by atoms with Crippen molar-refractivity contribution in [2.75, 3.05) is 26.4 Å². The number of aliphatic hydroxyl groups is 1. The van der Waals surface area contributed by atoms with Gasteiger partial charge in [0.2, 0.25) is 23.6 Å². The van der Waals surface area contributed by atoms with Crippen molar-refractivity contribution in [1.82, 2.24) is 40.3 Å². The first-order valence-corrected chi connectivity index (χ1v) is 22.2. The monoisotopic (exact) mass is 904 g/mol. The number of carbonyl (C=O) groups excluding carboxylic acids is 4. The highest BCUT2D eigenvalue weighted by molar-refractivity contribution is 7.13. The van der Waals surface area contributed by atoms with Crippen LogP contribution in [0.1, 0.15) is 67.3 Å². The molecule has 3 atom stereocenters. The number of aliphatic hydroxyl groups excluding tert-OH is 1. The predicted octanol–water partition coefficient (Wildman–Crippen LogP) is 4.83. The molecule has 1 aliphatic rings. The average Bonchev–Trinajstić information content (AvgIpc) is 4.03. The van der Waals surface area contributed by atoms with Gasteiger partial charge >= 0.3 is 0 Å². The van der Waals surface area contributed by atoms with Gasteiger partial charge in [0.15, 0.2) is 11.4 Å². The number of oxazole rings is 1. The Hall–Kier alpha value is -6.63. The van der Waals surface area contributed by atoms with E-state index in [9.17, 15) is 29.1 Å². The summed E-state index contributed by atoms with van der Waals surface area (Å²) in [5.41, 5.74) is 6.27. The van der Waals surface area contributed by atoms with E-state index in [1.807, 2.05) is 57.5 Å². The molecule has 1 saturated heterocycles. The van der Waals surface area contributed by atoms with Gasteiger partial charge in [0.25, 0.3) is 5.56 Å². The Kier molecular flexibility index (Phi) is 14.6. The van der Waals surface area contributed by atoms with Crippen LogP contribution in [-0.2, 0) is 39.1 Å². The molecular formula is C47H52N8O9S. The minimum Gasteiger partial charge on any atom is -0.490 e. The Labute approximate surface area is 379 Å². The van der Waals surface area contributed by atoms with Gasteiger partial charge in [-0.25, -0.2) is 19.6 Å². The number of ketones is 1. The lowest BCUT2D eigenvalue weighted by Crippen LogP contribution is -2.57. The van der Waals surface area contributed by atoms with Crippen molar-refractivity contribution in [2.45, 2.75) is 78.1 Å². The number of fused-ring (bicyclic) bond motifs is 1. The number of carbonyl (C=O) groups is 4. The second-order valence-electron chi connectivity index (χ2n) is 17.0. The molecule has 1 fully saturated rings. The maximum absolute atomic E-state index is 14.0. The van der Waals surface area contributed by atoms with E-state index in [2.05, 4.69) is 30.7 Å². The molecule has 5 heterocycles. The van der Waals surface area contributed by atoms with Crippen molar-refractivity contribution in [3.8, 4) is 27.8 Å². The predicted molar refractivity (Wildman–Crippen MR) is 242 cm³/mol. The van der Waals surface area contributed by atoms with E-state index in [0.29, 0.717) is 29.0 Å². The van der Waals surface area contributed by atoms with Crippen LogP contribution in [0.4, 0.5) is 0 Å². The van der Waals surface area contributed by atoms with Crippen molar-refractivity contribution < 1.29 is 38.2 Å². The summed E-state index contributed by atoms with van der Waals surface area (Å²) in [7, 11) is 1.54. The molecule has 6 aromatic rings. The van der Waals surface area contributed by atoms with Crippen LogP contribution in [-0.4, -0.2) is 103 Å². The zero-order valence-corrected chi connectivity index (χ0v) is 37.7. The zero-order chi connectivity index (χ0) is 46.3. The SMILES string of the molecule is Cc1ncsc1-c1ccc(CNC(=O)[C@@H]2C[C@@H](O)CN2C(=O)[C@@H](NC(=O)CCCOCCOc2ccc(C(=O)Cc3ccc4oc(-c5ccc(=O)n(C)n5)nc4c3)nc2)C(C)(C)C)cc1. The number of hydrogen-bond donors (Lipinski definition) is 3. The summed E-state index contributed by atoms with van der Waals surface area (Å²) in [6, 6.07) is 17.5. The minimum atomic E-state index is -0.932. The van der Waals surface area contributed by atoms with Crippen LogP contribution in [0.15, 0.2) is 87.6 Å². The largest absolute Gasteiger partial charge is 0.490 e. The lowest BCUT2D eigenvalue weighted by atomic mass is 9.85. The van der Waals surface area contributed by atoms with Gasteiger partial charge in [-0.3, -0.25) is 24.0 Å². The Bertz CT molecular complexity index is 2710. The molecule has 0 bridgehead atoms. The molecule has 1 aliphatic heterocycles. The number of benzene rings is 2. The van der Waals surface area contributed by atoms with E-state index in [4.69, 9.17) is 13.9 Å². The number of thiazole rings is 1. The summed E-state index contributed by atoms with van der Waals surface area (Å²) in [4.78, 5) is 80.8. The normalized spacial score (nSPS) is 15.5. The molecule has 3 N–H and O–H groups in total. The summed E-state index contributed by atoms with van der Waals surface area (Å²) in [6.07, 6.45) is 1.29. The standard InChI is InChI=1S/C47H52N8O9S/c1-28-42(65-27-50-28)31-11-8-29(9-12-31)24-49-44(60)37-23-32(56)26-55(37)46(61)43(47(2,3)4)52-40(58)7-6-18-62-19-20-63-33-13-14-34(48-25-33)38(57)22-30-10-16-39-36(21-30)51-45(64-39)35-15-17-41(59)54(5)53-35/h8-17,21,25,27,32,37,43,56H,6-7,18-20,22-24,26H2,1-5H3,(H,49,60)(H,52,58)/t32-,37+,43-/m1/s1. The van der Waals surface area contributed by atoms with E-state index >= 15 is 0 Å². The van der Waals surface area contributed by atoms with E-state index in [-0.39, 0.29) is 86.9 Å². The van der Waals surface area contributed by atoms with Crippen LogP contribution in [0.2, 0.25) is 0 Å². The Morgan fingerprint density at radius 1 is 0.985 bits per heavy atom. The number of pyridine rings is 1. The van der Waals surface area contributed by atoms with Crippen molar-refractivity contribution in [1.29, 1.82) is 0 Å². The molecule has 18 heteroatoms. The Balaban J connectivity index is 0.811. The number of amides is 3. The van der Waals surface area contributed by atoms with Gasteiger partial charge in [-0.2, -0.15) is 5.10 Å². The van der Waals surface area contributed by atoms with Gasteiger partial charge in [0.1, 0.15) is 41.3 Å². The molecule has 17 nitrogen and oxygen atoms in total. The Morgan fingerprint density at radius 3 is 2.48 bits per heavy atom. The Morgan fingerprint density at radius 2 is 1.77 bits per heavy atom. The summed E-state index contributed by atoms with van der Waals surface area (Å²) >= 11 is 1.57. The van der Waals surface area contributed by atoms with Crippen LogP contribution in [0.3, 0.4) is 0 Å². The maximum atomic E-state index is 14.0. The second kappa shape index (κ2) is 20.5. The van der Waals surface area contributed by atoms with Crippen LogP contribution >= 0.6 is 11.3 Å². The first-order chi connectivity index (χ1) is 31.1. The first kappa shape index (κ1) is 46.4. The first-order valence-electron chi connectivity index (χ1n) is 21.3. The van der Waals surface area contributed by atoms with Gasteiger partial charge in [-0.05, 0) is 65.8 Å². The summed E-state index contributed by atoms with van der Waals surface area (Å²) in [6.45, 7) is 8.46. The van der Waals surface area contributed by atoms with E-state index < -0.39 is 29.5 Å². The number of aromatic nitrogens is 5. The van der Waals surface area contributed by atoms with E-state index in [1.165, 1.54) is 21.8 Å². The number of Topliss-reactive ketones (excluding diaryl/α,β-unsaturated/α-hetero) is 1. The number of ether oxygens (including phenoxy) is 2. The topological polar surface area (TPSA) is 221 Å². The fourth-order valence-corrected chi connectivity index (χ4v) is 8.20. The molecule has 4 aromatic heterocycles. The summed E-state index contributed by atoms with van der Waals surface area (Å²) < 4.78 is 18.4. The van der Waals surface area contributed by atoms with Crippen LogP contribution < -0.4 is 20.9 Å². The highest BCUT2D eigenvalue weighted by atomic mass is 32.1. The summed E-state index contributed by atoms with van der Waals surface area (Å²) in [5, 5.41) is 20.5. The highest BCUT2D eigenvalue weighted by Crippen LogP contribution is 2.29. The maximum Gasteiger partial charge on any atom is 0.266 e. The van der Waals surface area contributed by atoms with Crippen molar-refractivity contribution in [3.05, 3.63) is 111 Å². The smallest absolute Gasteiger partial charge is 0.266 e. The molecule has 0 saturated carbocycles. The third-order valence-corrected chi connectivity index (χ3v) is 11.9. The number of rotatable bonds is 18. The van der Waals surface area contributed by atoms with Gasteiger partial charge in [-0.15, -0.1) is 11.3 Å². The van der Waals surface area contributed by atoms with Gasteiger partial charge in [0, 0.05) is 52.1 Å². The van der Waals surface area contributed by atoms with Gasteiger partial charge in [-0.1, -0.05) is 51.1 Å². The van der Waals surface area contributed by atoms with E-state index in [0.717, 1.165) is 27.3 Å². The quantitative estimate of drug-likeness (QED) is 0.0779. The third kappa shape index (κ3) is 11.7. The van der Waals surface area contributed by atoms with Crippen molar-refractivity contribution >= 4 is 45.9 Å². The van der Waals surface area contributed by atoms with Crippen LogP contribution in [0.5, 0.6) is 5.75 Å². The minimum absolute atomic E-state index is 0.0125. The zero-order valence-electron chi connectivity index (χ0n) is 36.9. The van der Waals surface area contributed by atoms with Crippen LogP contribution in [0, 0.1) is 12.3 Å². The molecule has 340 valence electrons. The molecule has 0 radical (unpaired) electrons. The number of β-amino-alcohol motifs (C(OH)–C–C–N with tert-alkyl or cyclic N) is 1. The second-order valence-corrected chi connectivity index (χ2v) is 17.8. The number of hydrogen-bond acceptors (Lipinski definition) is 14. The van der Waals surface area contributed by atoms with Crippen LogP contribution in [0.25, 0.3) is 33.1 Å². The number of nitrogens with zero attached hydrogens (tertiary/aromatic N) is 6. The lowest BCUT2D eigenvalue weighted by Gasteiger charge is -2.35. The van der Waals surface area contributed by atoms with E-state index in [1.54, 1.807) is 54.8 Å². The molecule has 65 heavy (non-hydrogen) atoms. The average molecular weight is 905 g/mol. The fourth-order valence-electron chi connectivity index (χ4n) is 7.38. The molecule has 2 aromatic carbocycles. The molecule has 7 rings (SSSR count). The summed E-state index contributed by atoms with van der Waals surface area (Å²) in [5.74, 6) is -0.594. The molecule has 0 unspecified atom stereocenters. The lowest BCUT2D eigenvalue weighted by molar-refractivity contribution is -0.144. The fraction of sp³-hybridized carbons (Fsp3) is 0.383. The molecule has 3 amide bonds. The number of likely N-dealkylation sites (tertiary alicyclic amines) is 1.